The van der Waals surface area contributed by atoms with Crippen LogP contribution in [0.1, 0.15) is 38.3 Å². The smallest absolute Gasteiger partial charge is 0.241 e. The summed E-state index contributed by atoms with van der Waals surface area (Å²) in [5.74, 6) is 0.447. The van der Waals surface area contributed by atoms with Crippen LogP contribution in [-0.2, 0) is 14.8 Å². The molecule has 1 saturated heterocycles. The van der Waals surface area contributed by atoms with Gasteiger partial charge in [0.05, 0.1) is 18.0 Å². The Morgan fingerprint density at radius 1 is 1.13 bits per heavy atom. The number of sulfonamides is 1. The number of nitrogens with one attached hydrogen (secondary N) is 1. The van der Waals surface area contributed by atoms with E-state index in [1.54, 1.807) is 12.1 Å². The van der Waals surface area contributed by atoms with Crippen molar-refractivity contribution in [1.82, 2.24) is 5.32 Å². The van der Waals surface area contributed by atoms with Crippen molar-refractivity contribution in [3.63, 3.8) is 0 Å². The standard InChI is InChI=1S/C23H30IN3O3S/c1-17-12-14-26(15-13-17)21-8-4-19(5-9-21)18(2)25-23(28)16-27(31(3,29)30)22-10-6-20(24)7-11-22/h4-11,17-18H,12-16H2,1-3H3,(H,25,28). The molecule has 31 heavy (non-hydrogen) atoms. The first-order chi connectivity index (χ1) is 14.6. The zero-order valence-electron chi connectivity index (χ0n) is 18.2. The van der Waals surface area contributed by atoms with Crippen molar-refractivity contribution in [3.8, 4) is 0 Å². The Labute approximate surface area is 199 Å². The Morgan fingerprint density at radius 3 is 2.26 bits per heavy atom. The Morgan fingerprint density at radius 2 is 1.71 bits per heavy atom. The topological polar surface area (TPSA) is 69.7 Å². The van der Waals surface area contributed by atoms with Gasteiger partial charge in [-0.2, -0.15) is 0 Å². The van der Waals surface area contributed by atoms with E-state index >= 15 is 0 Å². The van der Waals surface area contributed by atoms with Crippen LogP contribution in [0.5, 0.6) is 0 Å². The molecule has 0 bridgehead atoms. The summed E-state index contributed by atoms with van der Waals surface area (Å²) in [6.45, 7) is 6.10. The molecule has 1 unspecified atom stereocenters. The van der Waals surface area contributed by atoms with Crippen LogP contribution in [0.25, 0.3) is 0 Å². The van der Waals surface area contributed by atoms with Gasteiger partial charge in [0.2, 0.25) is 15.9 Å². The van der Waals surface area contributed by atoms with Gasteiger partial charge in [0.25, 0.3) is 0 Å². The molecule has 0 aromatic heterocycles. The fourth-order valence-electron chi connectivity index (χ4n) is 3.75. The van der Waals surface area contributed by atoms with Gasteiger partial charge in [-0.1, -0.05) is 19.1 Å². The highest BCUT2D eigenvalue weighted by Crippen LogP contribution is 2.25. The number of hydrogen-bond acceptors (Lipinski definition) is 4. The van der Waals surface area contributed by atoms with E-state index in [0.717, 1.165) is 38.7 Å². The Kier molecular flexibility index (Phi) is 7.85. The number of carbonyl (C=O) groups is 1. The molecule has 0 saturated carbocycles. The summed E-state index contributed by atoms with van der Waals surface area (Å²) in [6, 6.07) is 15.1. The fourth-order valence-corrected chi connectivity index (χ4v) is 4.96. The lowest BCUT2D eigenvalue weighted by molar-refractivity contribution is -0.120. The molecule has 8 heteroatoms. The van der Waals surface area contributed by atoms with Gasteiger partial charge in [-0.25, -0.2) is 8.42 Å². The maximum Gasteiger partial charge on any atom is 0.241 e. The summed E-state index contributed by atoms with van der Waals surface area (Å²) in [4.78, 5) is 15.0. The molecule has 2 aromatic rings. The molecule has 0 aliphatic carbocycles. The van der Waals surface area contributed by atoms with Gasteiger partial charge >= 0.3 is 0 Å². The van der Waals surface area contributed by atoms with Gasteiger partial charge in [-0.05, 0) is 90.2 Å². The predicted octanol–water partition coefficient (Wildman–Crippen LogP) is 4.17. The average Bonchev–Trinajstić information content (AvgIpc) is 2.73. The van der Waals surface area contributed by atoms with Gasteiger partial charge in [0.1, 0.15) is 6.54 Å². The summed E-state index contributed by atoms with van der Waals surface area (Å²) in [5, 5.41) is 2.92. The minimum Gasteiger partial charge on any atom is -0.372 e. The van der Waals surface area contributed by atoms with Crippen molar-refractivity contribution in [2.45, 2.75) is 32.7 Å². The number of anilines is 2. The summed E-state index contributed by atoms with van der Waals surface area (Å²) in [6.07, 6.45) is 3.54. The van der Waals surface area contributed by atoms with Crippen molar-refractivity contribution in [2.75, 3.05) is 35.1 Å². The van der Waals surface area contributed by atoms with Gasteiger partial charge in [-0.3, -0.25) is 9.10 Å². The first kappa shape index (κ1) is 23.8. The Bertz CT molecular complexity index is 986. The Balaban J connectivity index is 1.63. The highest BCUT2D eigenvalue weighted by atomic mass is 127. The SMILES string of the molecule is CC1CCN(c2ccc(C(C)NC(=O)CN(c3ccc(I)cc3)S(C)(=O)=O)cc2)CC1. The van der Waals surface area contributed by atoms with Crippen LogP contribution >= 0.6 is 22.6 Å². The molecule has 168 valence electrons. The predicted molar refractivity (Wildman–Crippen MR) is 135 cm³/mol. The molecular formula is C23H30IN3O3S. The van der Waals surface area contributed by atoms with Gasteiger partial charge < -0.3 is 10.2 Å². The van der Waals surface area contributed by atoms with Crippen molar-refractivity contribution >= 4 is 49.9 Å². The number of nitrogens with zero attached hydrogens (tertiary/aromatic N) is 2. The molecule has 1 N–H and O–H groups in total. The van der Waals surface area contributed by atoms with Crippen LogP contribution in [0.3, 0.4) is 0 Å². The van der Waals surface area contributed by atoms with E-state index in [2.05, 4.69) is 51.9 Å². The summed E-state index contributed by atoms with van der Waals surface area (Å²) < 4.78 is 26.6. The van der Waals surface area contributed by atoms with Crippen LogP contribution in [-0.4, -0.2) is 40.2 Å². The number of rotatable bonds is 7. The van der Waals surface area contributed by atoms with Gasteiger partial charge in [0.15, 0.2) is 0 Å². The Hall–Kier alpha value is -1.81. The summed E-state index contributed by atoms with van der Waals surface area (Å²) in [7, 11) is -3.58. The zero-order chi connectivity index (χ0) is 22.6. The average molecular weight is 555 g/mol. The molecule has 0 spiro atoms. The lowest BCUT2D eigenvalue weighted by Crippen LogP contribution is -2.41. The van der Waals surface area contributed by atoms with E-state index < -0.39 is 10.0 Å². The molecular weight excluding hydrogens is 525 g/mol. The second-order valence-electron chi connectivity index (χ2n) is 8.30. The number of benzene rings is 2. The van der Waals surface area contributed by atoms with Crippen LogP contribution in [0.15, 0.2) is 48.5 Å². The molecule has 1 atom stereocenters. The van der Waals surface area contributed by atoms with Crippen molar-refractivity contribution in [3.05, 3.63) is 57.7 Å². The second-order valence-corrected chi connectivity index (χ2v) is 11.4. The molecule has 2 aromatic carbocycles. The molecule has 6 nitrogen and oxygen atoms in total. The van der Waals surface area contributed by atoms with Crippen LogP contribution in [0, 0.1) is 9.49 Å². The molecule has 1 fully saturated rings. The van der Waals surface area contributed by atoms with E-state index in [0.29, 0.717) is 5.69 Å². The normalized spacial score (nSPS) is 16.1. The highest BCUT2D eigenvalue weighted by molar-refractivity contribution is 14.1. The monoisotopic (exact) mass is 555 g/mol. The first-order valence-corrected chi connectivity index (χ1v) is 13.4. The second kappa shape index (κ2) is 10.2. The molecule has 1 aliphatic rings. The highest BCUT2D eigenvalue weighted by Gasteiger charge is 2.22. The summed E-state index contributed by atoms with van der Waals surface area (Å²) >= 11 is 2.16. The minimum absolute atomic E-state index is 0.221. The number of carbonyl (C=O) groups excluding carboxylic acids is 1. The largest absolute Gasteiger partial charge is 0.372 e. The quantitative estimate of drug-likeness (QED) is 0.521. The lowest BCUT2D eigenvalue weighted by Gasteiger charge is -2.32. The van der Waals surface area contributed by atoms with E-state index in [-0.39, 0.29) is 18.5 Å². The third kappa shape index (κ3) is 6.58. The number of amides is 1. The van der Waals surface area contributed by atoms with Crippen molar-refractivity contribution in [1.29, 1.82) is 0 Å². The molecule has 3 rings (SSSR count). The molecule has 0 radical (unpaired) electrons. The minimum atomic E-state index is -3.58. The van der Waals surface area contributed by atoms with Crippen molar-refractivity contribution < 1.29 is 13.2 Å². The maximum atomic E-state index is 12.6. The molecule has 1 amide bonds. The molecule has 1 aliphatic heterocycles. The summed E-state index contributed by atoms with van der Waals surface area (Å²) in [5.41, 5.74) is 2.67. The molecule has 1 heterocycles. The lowest BCUT2D eigenvalue weighted by atomic mass is 9.98. The van der Waals surface area contributed by atoms with E-state index in [1.807, 2.05) is 31.2 Å². The van der Waals surface area contributed by atoms with Gasteiger partial charge in [-0.15, -0.1) is 0 Å². The fraction of sp³-hybridized carbons (Fsp3) is 0.435. The van der Waals surface area contributed by atoms with Crippen LogP contribution in [0.4, 0.5) is 11.4 Å². The van der Waals surface area contributed by atoms with Crippen molar-refractivity contribution in [2.24, 2.45) is 5.92 Å². The van der Waals surface area contributed by atoms with E-state index in [4.69, 9.17) is 0 Å². The zero-order valence-corrected chi connectivity index (χ0v) is 21.2. The number of piperidine rings is 1. The number of hydrogen-bond donors (Lipinski definition) is 1. The van der Waals surface area contributed by atoms with E-state index in [9.17, 15) is 13.2 Å². The van der Waals surface area contributed by atoms with Gasteiger partial charge in [0, 0.05) is 22.3 Å². The van der Waals surface area contributed by atoms with Crippen LogP contribution < -0.4 is 14.5 Å². The van der Waals surface area contributed by atoms with E-state index in [1.165, 1.54) is 18.5 Å². The van der Waals surface area contributed by atoms with Crippen LogP contribution in [0.2, 0.25) is 0 Å². The third-order valence-corrected chi connectivity index (χ3v) is 7.58. The first-order valence-electron chi connectivity index (χ1n) is 10.5. The number of halogens is 1. The maximum absolute atomic E-state index is 12.6. The third-order valence-electron chi connectivity index (χ3n) is 5.72.